The second-order valence-corrected chi connectivity index (χ2v) is 7.62. The highest BCUT2D eigenvalue weighted by Crippen LogP contribution is 2.18. The fourth-order valence-corrected chi connectivity index (χ4v) is 3.99. The first-order chi connectivity index (χ1) is 13.8. The Labute approximate surface area is 165 Å². The highest BCUT2D eigenvalue weighted by molar-refractivity contribution is 5.80. The molecule has 28 heavy (non-hydrogen) atoms. The quantitative estimate of drug-likeness (QED) is 0.559. The van der Waals surface area contributed by atoms with Crippen molar-refractivity contribution < 1.29 is 9.15 Å². The van der Waals surface area contributed by atoms with E-state index in [-0.39, 0.29) is 0 Å². The SMILES string of the molecule is COCc1nc2n(n1)CC(NC(=NCCc1ccco1)NC1CCCC1)CC2. The molecule has 2 aromatic rings. The van der Waals surface area contributed by atoms with Gasteiger partial charge in [-0.05, 0) is 31.4 Å². The summed E-state index contributed by atoms with van der Waals surface area (Å²) >= 11 is 0. The summed E-state index contributed by atoms with van der Waals surface area (Å²) in [5.41, 5.74) is 0. The molecule has 1 fully saturated rings. The number of hydrogen-bond donors (Lipinski definition) is 2. The summed E-state index contributed by atoms with van der Waals surface area (Å²) < 4.78 is 12.6. The zero-order valence-electron chi connectivity index (χ0n) is 16.6. The van der Waals surface area contributed by atoms with Crippen LogP contribution >= 0.6 is 0 Å². The van der Waals surface area contributed by atoms with Gasteiger partial charge in [0.25, 0.3) is 0 Å². The Morgan fingerprint density at radius 2 is 2.14 bits per heavy atom. The first-order valence-electron chi connectivity index (χ1n) is 10.3. The van der Waals surface area contributed by atoms with Crippen LogP contribution in [0.2, 0.25) is 0 Å². The topological polar surface area (TPSA) is 89.5 Å². The Morgan fingerprint density at radius 3 is 2.93 bits per heavy atom. The monoisotopic (exact) mass is 386 g/mol. The smallest absolute Gasteiger partial charge is 0.191 e. The van der Waals surface area contributed by atoms with Gasteiger partial charge in [-0.25, -0.2) is 9.67 Å². The van der Waals surface area contributed by atoms with E-state index in [1.54, 1.807) is 13.4 Å². The third kappa shape index (κ3) is 4.92. The van der Waals surface area contributed by atoms with Crippen molar-refractivity contribution in [1.82, 2.24) is 25.4 Å². The molecule has 0 aromatic carbocycles. The maximum Gasteiger partial charge on any atom is 0.191 e. The Bertz CT molecular complexity index is 764. The van der Waals surface area contributed by atoms with Crippen molar-refractivity contribution in [3.8, 4) is 0 Å². The van der Waals surface area contributed by atoms with Crippen LogP contribution in [0.25, 0.3) is 0 Å². The lowest BCUT2D eigenvalue weighted by Gasteiger charge is -2.27. The summed E-state index contributed by atoms with van der Waals surface area (Å²) in [6.45, 7) is 1.96. The number of methoxy groups -OCH3 is 1. The van der Waals surface area contributed by atoms with Crippen molar-refractivity contribution in [1.29, 1.82) is 0 Å². The van der Waals surface area contributed by atoms with Crippen LogP contribution in [-0.4, -0.2) is 46.5 Å². The molecule has 0 bridgehead atoms. The average Bonchev–Trinajstić information content (AvgIpc) is 3.43. The number of hydrogen-bond acceptors (Lipinski definition) is 5. The van der Waals surface area contributed by atoms with Gasteiger partial charge >= 0.3 is 0 Å². The zero-order valence-corrected chi connectivity index (χ0v) is 16.6. The van der Waals surface area contributed by atoms with E-state index < -0.39 is 0 Å². The molecule has 1 aliphatic heterocycles. The van der Waals surface area contributed by atoms with Crippen molar-refractivity contribution in [2.45, 2.75) is 70.2 Å². The van der Waals surface area contributed by atoms with Crippen LogP contribution in [0.5, 0.6) is 0 Å². The van der Waals surface area contributed by atoms with E-state index in [2.05, 4.69) is 20.7 Å². The standard InChI is InChI=1S/C20H30N6O2/c1-27-14-18-24-19-9-8-16(13-26(19)25-18)23-20(22-15-5-2-3-6-15)21-11-10-17-7-4-12-28-17/h4,7,12,15-16H,2-3,5-6,8-11,13-14H2,1H3,(H2,21,22,23). The molecule has 8 heteroatoms. The average molecular weight is 387 g/mol. The number of nitrogens with one attached hydrogen (secondary N) is 2. The van der Waals surface area contributed by atoms with Crippen LogP contribution in [0.3, 0.4) is 0 Å². The number of furan rings is 1. The minimum atomic E-state index is 0.292. The molecule has 1 atom stereocenters. The van der Waals surface area contributed by atoms with Gasteiger partial charge in [0.2, 0.25) is 0 Å². The molecule has 0 saturated heterocycles. The van der Waals surface area contributed by atoms with Crippen molar-refractivity contribution in [2.24, 2.45) is 4.99 Å². The van der Waals surface area contributed by atoms with E-state index >= 15 is 0 Å². The van der Waals surface area contributed by atoms with Crippen molar-refractivity contribution in [3.63, 3.8) is 0 Å². The fraction of sp³-hybridized carbons (Fsp3) is 0.650. The molecular weight excluding hydrogens is 356 g/mol. The number of aryl methyl sites for hydroxylation is 1. The molecule has 152 valence electrons. The summed E-state index contributed by atoms with van der Waals surface area (Å²) in [5.74, 6) is 3.68. The maximum absolute atomic E-state index is 5.42. The summed E-state index contributed by atoms with van der Waals surface area (Å²) in [6, 6.07) is 4.73. The van der Waals surface area contributed by atoms with Gasteiger partial charge in [-0.3, -0.25) is 4.99 Å². The van der Waals surface area contributed by atoms with Crippen LogP contribution in [-0.2, 0) is 30.7 Å². The molecule has 4 rings (SSSR count). The Balaban J connectivity index is 1.37. The molecule has 1 saturated carbocycles. The number of aromatic nitrogens is 3. The van der Waals surface area contributed by atoms with Crippen molar-refractivity contribution >= 4 is 5.96 Å². The number of aliphatic imine (C=N–C) groups is 1. The van der Waals surface area contributed by atoms with Gasteiger partial charge in [-0.15, -0.1) is 0 Å². The minimum absolute atomic E-state index is 0.292. The number of nitrogens with zero attached hydrogens (tertiary/aromatic N) is 4. The van der Waals surface area contributed by atoms with Gasteiger partial charge in [-0.2, -0.15) is 5.10 Å². The molecule has 2 N–H and O–H groups in total. The predicted octanol–water partition coefficient (Wildman–Crippen LogP) is 2.05. The fourth-order valence-electron chi connectivity index (χ4n) is 3.99. The number of rotatable bonds is 7. The molecular formula is C20H30N6O2. The lowest BCUT2D eigenvalue weighted by Crippen LogP contribution is -2.49. The summed E-state index contributed by atoms with van der Waals surface area (Å²) in [4.78, 5) is 9.37. The molecule has 0 amide bonds. The van der Waals surface area contributed by atoms with Crippen LogP contribution < -0.4 is 10.6 Å². The normalized spacial score (nSPS) is 20.3. The van der Waals surface area contributed by atoms with E-state index in [9.17, 15) is 0 Å². The van der Waals surface area contributed by atoms with E-state index in [1.165, 1.54) is 25.7 Å². The van der Waals surface area contributed by atoms with E-state index in [0.717, 1.165) is 49.2 Å². The van der Waals surface area contributed by atoms with Crippen LogP contribution in [0, 0.1) is 0 Å². The van der Waals surface area contributed by atoms with Crippen LogP contribution in [0.15, 0.2) is 27.8 Å². The van der Waals surface area contributed by atoms with Gasteiger partial charge in [0.1, 0.15) is 18.2 Å². The van der Waals surface area contributed by atoms with Crippen molar-refractivity contribution in [2.75, 3.05) is 13.7 Å². The molecule has 3 heterocycles. The Kier molecular flexibility index (Phi) is 6.26. The van der Waals surface area contributed by atoms with E-state index in [1.807, 2.05) is 16.8 Å². The molecule has 0 radical (unpaired) electrons. The zero-order chi connectivity index (χ0) is 19.2. The first-order valence-corrected chi connectivity index (χ1v) is 10.3. The first kappa shape index (κ1) is 19.0. The summed E-state index contributed by atoms with van der Waals surface area (Å²) in [5, 5.41) is 11.8. The van der Waals surface area contributed by atoms with Gasteiger partial charge in [0, 0.05) is 38.6 Å². The van der Waals surface area contributed by atoms with Crippen molar-refractivity contribution in [3.05, 3.63) is 35.8 Å². The number of guanidine groups is 1. The van der Waals surface area contributed by atoms with Gasteiger partial charge in [0.05, 0.1) is 12.8 Å². The highest BCUT2D eigenvalue weighted by atomic mass is 16.5. The molecule has 2 aliphatic rings. The Morgan fingerprint density at radius 1 is 1.29 bits per heavy atom. The second kappa shape index (κ2) is 9.23. The molecule has 2 aromatic heterocycles. The van der Waals surface area contributed by atoms with Gasteiger partial charge in [-0.1, -0.05) is 12.8 Å². The summed E-state index contributed by atoms with van der Waals surface area (Å²) in [7, 11) is 1.67. The number of fused-ring (bicyclic) bond motifs is 1. The molecule has 8 nitrogen and oxygen atoms in total. The molecule has 0 spiro atoms. The predicted molar refractivity (Wildman–Crippen MR) is 106 cm³/mol. The van der Waals surface area contributed by atoms with E-state index in [0.29, 0.717) is 25.2 Å². The van der Waals surface area contributed by atoms with Gasteiger partial charge in [0.15, 0.2) is 11.8 Å². The maximum atomic E-state index is 5.42. The molecule has 1 unspecified atom stereocenters. The third-order valence-corrected chi connectivity index (χ3v) is 5.42. The van der Waals surface area contributed by atoms with Crippen LogP contribution in [0.4, 0.5) is 0 Å². The minimum Gasteiger partial charge on any atom is -0.469 e. The Hall–Kier alpha value is -2.35. The third-order valence-electron chi connectivity index (χ3n) is 5.42. The lowest BCUT2D eigenvalue weighted by molar-refractivity contribution is 0.177. The van der Waals surface area contributed by atoms with E-state index in [4.69, 9.17) is 14.1 Å². The largest absolute Gasteiger partial charge is 0.469 e. The summed E-state index contributed by atoms with van der Waals surface area (Å²) in [6.07, 6.45) is 9.49. The second-order valence-electron chi connectivity index (χ2n) is 7.62. The number of ether oxygens (including phenoxy) is 1. The molecule has 1 aliphatic carbocycles. The lowest BCUT2D eigenvalue weighted by atomic mass is 10.1. The van der Waals surface area contributed by atoms with Crippen LogP contribution in [0.1, 0.15) is 49.5 Å². The highest BCUT2D eigenvalue weighted by Gasteiger charge is 2.24. The van der Waals surface area contributed by atoms with Gasteiger partial charge < -0.3 is 19.8 Å².